The highest BCUT2D eigenvalue weighted by Gasteiger charge is 2.33. The van der Waals surface area contributed by atoms with Gasteiger partial charge in [0.05, 0.1) is 12.6 Å². The van der Waals surface area contributed by atoms with Crippen molar-refractivity contribution in [1.82, 2.24) is 4.90 Å². The summed E-state index contributed by atoms with van der Waals surface area (Å²) >= 11 is 1.81. The molecule has 0 spiro atoms. The molecule has 0 aliphatic carbocycles. The maximum atomic E-state index is 12.2. The molecule has 1 aromatic rings. The maximum absolute atomic E-state index is 12.2. The molecule has 2 rings (SSSR count). The minimum Gasteiger partial charge on any atom is -0.450 e. The maximum Gasteiger partial charge on any atom is 0.410 e. The van der Waals surface area contributed by atoms with E-state index in [9.17, 15) is 4.79 Å². The molecule has 5 heteroatoms. The van der Waals surface area contributed by atoms with Gasteiger partial charge in [-0.1, -0.05) is 35.9 Å². The van der Waals surface area contributed by atoms with E-state index in [-0.39, 0.29) is 18.2 Å². The molecule has 1 heterocycles. The first kappa shape index (κ1) is 19.9. The minimum atomic E-state index is -0.235. The Morgan fingerprint density at radius 2 is 2.16 bits per heavy atom. The van der Waals surface area contributed by atoms with Gasteiger partial charge in [-0.25, -0.2) is 4.79 Å². The summed E-state index contributed by atoms with van der Waals surface area (Å²) in [5.41, 5.74) is 8.89. The lowest BCUT2D eigenvalue weighted by molar-refractivity contribution is 0.0702. The van der Waals surface area contributed by atoms with Gasteiger partial charge < -0.3 is 15.4 Å². The first-order valence-corrected chi connectivity index (χ1v) is 10.0. The number of nitrogens with zero attached hydrogens (tertiary/aromatic N) is 1. The summed E-state index contributed by atoms with van der Waals surface area (Å²) in [7, 11) is 0. The lowest BCUT2D eigenvalue weighted by Crippen LogP contribution is -2.54. The summed E-state index contributed by atoms with van der Waals surface area (Å²) < 4.78 is 5.20. The highest BCUT2D eigenvalue weighted by molar-refractivity contribution is 8.02. The van der Waals surface area contributed by atoms with Crippen molar-refractivity contribution >= 4 is 17.9 Å². The molecule has 3 unspecified atom stereocenters. The monoisotopic (exact) mass is 362 g/mol. The van der Waals surface area contributed by atoms with Crippen molar-refractivity contribution in [3.8, 4) is 0 Å². The molecule has 1 aliphatic heterocycles. The minimum absolute atomic E-state index is 0.0121. The van der Waals surface area contributed by atoms with E-state index in [1.54, 1.807) is 0 Å². The number of rotatable bonds is 6. The first-order valence-electron chi connectivity index (χ1n) is 9.08. The fraction of sp³-hybridized carbons (Fsp3) is 0.550. The Balaban J connectivity index is 1.98. The number of likely N-dealkylation sites (tertiary alicyclic amines) is 1. The third kappa shape index (κ3) is 5.79. The van der Waals surface area contributed by atoms with Crippen LogP contribution in [0.3, 0.4) is 0 Å². The van der Waals surface area contributed by atoms with Crippen LogP contribution in [-0.2, 0) is 4.74 Å². The predicted molar refractivity (Wildman–Crippen MR) is 106 cm³/mol. The van der Waals surface area contributed by atoms with Crippen LogP contribution in [0.1, 0.15) is 50.8 Å². The molecule has 0 radical (unpaired) electrons. The number of nitrogens with two attached hydrogens (primary N) is 1. The Labute approximate surface area is 155 Å². The molecular weight excluding hydrogens is 332 g/mol. The molecular formula is C20H30N2O2S. The van der Waals surface area contributed by atoms with E-state index < -0.39 is 0 Å². The summed E-state index contributed by atoms with van der Waals surface area (Å²) in [5, 5.41) is 2.61. The Morgan fingerprint density at radius 3 is 2.84 bits per heavy atom. The fourth-order valence-electron chi connectivity index (χ4n) is 3.18. The Hall–Kier alpha value is -1.46. The number of hydrogen-bond donors (Lipinski definition) is 1. The largest absolute Gasteiger partial charge is 0.450 e. The average molecular weight is 363 g/mol. The Morgan fingerprint density at radius 1 is 1.44 bits per heavy atom. The summed E-state index contributed by atoms with van der Waals surface area (Å²) in [6, 6.07) is 10.5. The van der Waals surface area contributed by atoms with E-state index in [1.807, 2.05) is 29.7 Å². The van der Waals surface area contributed by atoms with Crippen LogP contribution in [0.15, 0.2) is 41.3 Å². The van der Waals surface area contributed by atoms with Crippen molar-refractivity contribution in [2.75, 3.05) is 13.2 Å². The van der Waals surface area contributed by atoms with Crippen molar-refractivity contribution in [2.45, 2.75) is 57.4 Å². The second-order valence-electron chi connectivity index (χ2n) is 6.62. The lowest BCUT2D eigenvalue weighted by Gasteiger charge is -2.39. The molecule has 0 bridgehead atoms. The second-order valence-corrected chi connectivity index (χ2v) is 7.84. The standard InChI is InChI=1S/C20H30N2O2S/c1-4-24-20(23)22-12-8-11-18(21)19(22)13-15(2)14-25-16(3)17-9-6-5-7-10-17/h5-7,9-10,14,16,18-19H,4,8,11-13,21H2,1-3H3/b15-14+. The van der Waals surface area contributed by atoms with Gasteiger partial charge in [0, 0.05) is 17.8 Å². The smallest absolute Gasteiger partial charge is 0.410 e. The van der Waals surface area contributed by atoms with Crippen LogP contribution in [0.4, 0.5) is 4.79 Å². The van der Waals surface area contributed by atoms with E-state index in [2.05, 4.69) is 43.5 Å². The highest BCUT2D eigenvalue weighted by atomic mass is 32.2. The molecule has 0 aromatic heterocycles. The summed E-state index contributed by atoms with van der Waals surface area (Å²) in [6.45, 7) is 7.30. The van der Waals surface area contributed by atoms with Gasteiger partial charge in [0.15, 0.2) is 0 Å². The number of thioether (sulfide) groups is 1. The van der Waals surface area contributed by atoms with Gasteiger partial charge in [-0.05, 0) is 51.0 Å². The van der Waals surface area contributed by atoms with E-state index in [0.29, 0.717) is 11.9 Å². The molecule has 1 aromatic carbocycles. The molecule has 25 heavy (non-hydrogen) atoms. The zero-order chi connectivity index (χ0) is 18.2. The quantitative estimate of drug-likeness (QED) is 0.795. The van der Waals surface area contributed by atoms with Crippen LogP contribution in [0, 0.1) is 0 Å². The number of carbonyl (C=O) groups is 1. The molecule has 1 amide bonds. The number of benzene rings is 1. The number of ether oxygens (including phenoxy) is 1. The van der Waals surface area contributed by atoms with Crippen molar-refractivity contribution in [1.29, 1.82) is 0 Å². The highest BCUT2D eigenvalue weighted by Crippen LogP contribution is 2.31. The molecule has 3 atom stereocenters. The van der Waals surface area contributed by atoms with Gasteiger partial charge in [0.1, 0.15) is 0 Å². The summed E-state index contributed by atoms with van der Waals surface area (Å²) in [4.78, 5) is 14.0. The third-order valence-electron chi connectivity index (χ3n) is 4.61. The van der Waals surface area contributed by atoms with E-state index in [1.165, 1.54) is 11.1 Å². The summed E-state index contributed by atoms with van der Waals surface area (Å²) in [6.07, 6.45) is 2.47. The van der Waals surface area contributed by atoms with E-state index >= 15 is 0 Å². The number of hydrogen-bond acceptors (Lipinski definition) is 4. The number of piperidine rings is 1. The van der Waals surface area contributed by atoms with Gasteiger partial charge in [-0.3, -0.25) is 0 Å². The van der Waals surface area contributed by atoms with Crippen molar-refractivity contribution in [3.05, 3.63) is 46.9 Å². The van der Waals surface area contributed by atoms with Gasteiger partial charge in [-0.2, -0.15) is 0 Å². The zero-order valence-corrected chi connectivity index (χ0v) is 16.3. The van der Waals surface area contributed by atoms with Crippen molar-refractivity contribution in [3.63, 3.8) is 0 Å². The topological polar surface area (TPSA) is 55.6 Å². The molecule has 1 fully saturated rings. The Kier molecular flexibility index (Phi) is 7.85. The van der Waals surface area contributed by atoms with E-state index in [0.717, 1.165) is 25.8 Å². The van der Waals surface area contributed by atoms with Crippen LogP contribution in [0.25, 0.3) is 0 Å². The number of carbonyl (C=O) groups excluding carboxylic acids is 1. The molecule has 0 saturated carbocycles. The van der Waals surface area contributed by atoms with Crippen LogP contribution in [-0.4, -0.2) is 36.2 Å². The molecule has 2 N–H and O–H groups in total. The molecule has 1 saturated heterocycles. The van der Waals surface area contributed by atoms with Crippen LogP contribution >= 0.6 is 11.8 Å². The first-order chi connectivity index (χ1) is 12.0. The molecule has 1 aliphatic rings. The van der Waals surface area contributed by atoms with Gasteiger partial charge >= 0.3 is 6.09 Å². The third-order valence-corrected chi connectivity index (χ3v) is 5.83. The number of amides is 1. The normalized spacial score (nSPS) is 22.6. The predicted octanol–water partition coefficient (Wildman–Crippen LogP) is 4.72. The van der Waals surface area contributed by atoms with Gasteiger partial charge in [0.2, 0.25) is 0 Å². The summed E-state index contributed by atoms with van der Waals surface area (Å²) in [5.74, 6) is 0. The lowest BCUT2D eigenvalue weighted by atomic mass is 9.92. The van der Waals surface area contributed by atoms with Crippen LogP contribution in [0.2, 0.25) is 0 Å². The van der Waals surface area contributed by atoms with Gasteiger partial charge in [-0.15, -0.1) is 11.8 Å². The zero-order valence-electron chi connectivity index (χ0n) is 15.5. The second kappa shape index (κ2) is 9.88. The molecule has 4 nitrogen and oxygen atoms in total. The van der Waals surface area contributed by atoms with Crippen molar-refractivity contribution < 1.29 is 9.53 Å². The molecule has 138 valence electrons. The SMILES string of the molecule is CCOC(=O)N1CCCC(N)C1C/C(C)=C/SC(C)c1ccccc1. The van der Waals surface area contributed by atoms with Crippen LogP contribution in [0.5, 0.6) is 0 Å². The average Bonchev–Trinajstić information content (AvgIpc) is 2.62. The van der Waals surface area contributed by atoms with Crippen LogP contribution < -0.4 is 5.73 Å². The van der Waals surface area contributed by atoms with Gasteiger partial charge in [0.25, 0.3) is 0 Å². The Bertz CT molecular complexity index is 576. The fourth-order valence-corrected chi connectivity index (χ4v) is 4.03. The van der Waals surface area contributed by atoms with E-state index in [4.69, 9.17) is 10.5 Å². The van der Waals surface area contributed by atoms with Crippen molar-refractivity contribution in [2.24, 2.45) is 5.73 Å².